The molecule has 158 valence electrons. The first kappa shape index (κ1) is 15.7. The molecule has 0 amide bonds. The molecule has 2 aromatic carbocycles. The van der Waals surface area contributed by atoms with Crippen molar-refractivity contribution in [1.82, 2.24) is 4.90 Å². The van der Waals surface area contributed by atoms with E-state index >= 15 is 0 Å². The van der Waals surface area contributed by atoms with Crippen molar-refractivity contribution in [2.75, 3.05) is 41.6 Å². The summed E-state index contributed by atoms with van der Waals surface area (Å²) in [4.78, 5) is 14.3. The Morgan fingerprint density at radius 1 is 1.13 bits per heavy atom. The number of hydrogen-bond acceptors (Lipinski definition) is 8. The Balaban J connectivity index is 1.74. The van der Waals surface area contributed by atoms with E-state index in [-0.39, 0.29) is 24.7 Å². The van der Waals surface area contributed by atoms with Gasteiger partial charge in [-0.05, 0) is 31.1 Å². The smallest absolute Gasteiger partial charge is 0.343 e. The molecule has 8 heteroatoms. The predicted octanol–water partition coefficient (Wildman–Crippen LogP) is 2.88. The molecule has 3 aliphatic rings. The Kier molecular flexibility index (Phi) is 3.65. The number of hydrogen-bond donors (Lipinski definition) is 0. The third-order valence-corrected chi connectivity index (χ3v) is 5.81. The van der Waals surface area contributed by atoms with Crippen molar-refractivity contribution in [1.29, 1.82) is 0 Å². The molecule has 5 rings (SSSR count). The number of esters is 1. The third kappa shape index (κ3) is 2.53. The van der Waals surface area contributed by atoms with Crippen LogP contribution >= 0.6 is 0 Å². The molecule has 1 unspecified atom stereocenters. The fourth-order valence-corrected chi connectivity index (χ4v) is 4.52. The molecule has 0 bridgehead atoms. The molecule has 2 atom stereocenters. The minimum Gasteiger partial charge on any atom is -0.493 e. The van der Waals surface area contributed by atoms with Gasteiger partial charge in [0.1, 0.15) is 11.7 Å². The zero-order valence-corrected chi connectivity index (χ0v) is 16.8. The van der Waals surface area contributed by atoms with E-state index in [0.717, 1.165) is 5.56 Å². The molecule has 2 aromatic rings. The van der Waals surface area contributed by atoms with Crippen molar-refractivity contribution in [3.8, 4) is 28.7 Å². The van der Waals surface area contributed by atoms with Crippen molar-refractivity contribution in [3.63, 3.8) is 0 Å². The number of likely N-dealkylation sites (N-methyl/N-ethyl adjacent to an activating group) is 1. The zero-order chi connectivity index (χ0) is 23.5. The average Bonchev–Trinajstić information content (AvgIpc) is 3.39. The maximum atomic E-state index is 13.0. The molecule has 0 spiro atoms. The third-order valence-electron chi connectivity index (χ3n) is 5.81. The molecular weight excluding hydrogens is 391 g/mol. The van der Waals surface area contributed by atoms with E-state index in [4.69, 9.17) is 32.5 Å². The number of rotatable bonds is 4. The minimum absolute atomic E-state index is 0.0421. The molecule has 3 heterocycles. The first-order valence-electron chi connectivity index (χ1n) is 11.0. The van der Waals surface area contributed by atoms with Gasteiger partial charge in [-0.25, -0.2) is 4.79 Å². The lowest BCUT2D eigenvalue weighted by Gasteiger charge is -2.38. The quantitative estimate of drug-likeness (QED) is 0.555. The van der Waals surface area contributed by atoms with Crippen molar-refractivity contribution < 1.29 is 37.3 Å². The van der Waals surface area contributed by atoms with E-state index in [2.05, 4.69) is 0 Å². The Morgan fingerprint density at radius 3 is 2.70 bits per heavy atom. The second-order valence-corrected chi connectivity index (χ2v) is 7.20. The van der Waals surface area contributed by atoms with Gasteiger partial charge in [0.2, 0.25) is 12.5 Å². The number of cyclic esters (lactones) is 1. The van der Waals surface area contributed by atoms with Crippen molar-refractivity contribution in [2.45, 2.75) is 18.6 Å². The molecule has 0 saturated heterocycles. The number of ether oxygens (including phenoxy) is 6. The van der Waals surface area contributed by atoms with Gasteiger partial charge < -0.3 is 28.4 Å². The molecule has 0 radical (unpaired) electrons. The summed E-state index contributed by atoms with van der Waals surface area (Å²) in [7, 11) is 4.40. The number of benzene rings is 2. The molecule has 3 aliphatic heterocycles. The van der Waals surface area contributed by atoms with Crippen LogP contribution in [0.3, 0.4) is 0 Å². The SMILES string of the molecule is [2H][13C]([2H])([2H])N1CCc2cc3c(c(OC)c2[C@@H]1C1OC(=O)c2c1ccc(OC)c2OC)OCO3. The molecule has 0 fully saturated rings. The number of nitrogens with zero attached hydrogens (tertiary/aromatic N) is 1. The van der Waals surface area contributed by atoms with Crippen LogP contribution in [0.2, 0.25) is 0 Å². The van der Waals surface area contributed by atoms with E-state index < -0.39 is 25.1 Å². The van der Waals surface area contributed by atoms with Crippen LogP contribution < -0.4 is 23.7 Å². The fraction of sp³-hybridized carbons (Fsp3) is 0.409. The molecule has 30 heavy (non-hydrogen) atoms. The van der Waals surface area contributed by atoms with Gasteiger partial charge in [-0.3, -0.25) is 4.90 Å². The summed E-state index contributed by atoms with van der Waals surface area (Å²) in [5.74, 6) is 1.35. The monoisotopic (exact) mass is 417 g/mol. The van der Waals surface area contributed by atoms with E-state index in [9.17, 15) is 4.79 Å². The Bertz CT molecular complexity index is 1130. The van der Waals surface area contributed by atoms with Crippen LogP contribution in [0.15, 0.2) is 18.2 Å². The maximum Gasteiger partial charge on any atom is 0.343 e. The van der Waals surface area contributed by atoms with Gasteiger partial charge in [-0.15, -0.1) is 0 Å². The number of methoxy groups -OCH3 is 3. The zero-order valence-electron chi connectivity index (χ0n) is 19.8. The number of carbonyl (C=O) groups is 1. The van der Waals surface area contributed by atoms with E-state index in [1.54, 1.807) is 12.1 Å². The van der Waals surface area contributed by atoms with E-state index in [0.29, 0.717) is 40.5 Å². The second kappa shape index (κ2) is 6.98. The summed E-state index contributed by atoms with van der Waals surface area (Å²) >= 11 is 0. The molecular formula is C22H23NO7. The van der Waals surface area contributed by atoms with Crippen LogP contribution in [0.25, 0.3) is 0 Å². The number of fused-ring (bicyclic) bond motifs is 3. The summed E-state index contributed by atoms with van der Waals surface area (Å²) in [6.07, 6.45) is -0.461. The molecule has 8 nitrogen and oxygen atoms in total. The van der Waals surface area contributed by atoms with Gasteiger partial charge in [-0.2, -0.15) is 0 Å². The molecule has 0 saturated carbocycles. The van der Waals surface area contributed by atoms with Crippen LogP contribution in [0, 0.1) is 0 Å². The predicted molar refractivity (Wildman–Crippen MR) is 106 cm³/mol. The van der Waals surface area contributed by atoms with Crippen molar-refractivity contribution in [3.05, 3.63) is 40.5 Å². The lowest BCUT2D eigenvalue weighted by Crippen LogP contribution is -2.36. The van der Waals surface area contributed by atoms with Gasteiger partial charge in [-0.1, -0.05) is 6.07 Å². The van der Waals surface area contributed by atoms with Gasteiger partial charge in [0.05, 0.1) is 27.4 Å². The highest BCUT2D eigenvalue weighted by Crippen LogP contribution is 2.55. The van der Waals surface area contributed by atoms with Crippen LogP contribution in [-0.2, 0) is 11.2 Å². The Morgan fingerprint density at radius 2 is 1.97 bits per heavy atom. The fourth-order valence-electron chi connectivity index (χ4n) is 4.52. The lowest BCUT2D eigenvalue weighted by atomic mass is 9.86. The average molecular weight is 417 g/mol. The van der Waals surface area contributed by atoms with Crippen LogP contribution in [0.1, 0.15) is 43.3 Å². The second-order valence-electron chi connectivity index (χ2n) is 7.20. The topological polar surface area (TPSA) is 75.7 Å². The Hall–Kier alpha value is -3.13. The van der Waals surface area contributed by atoms with Gasteiger partial charge in [0, 0.05) is 21.8 Å². The Labute approximate surface area is 178 Å². The van der Waals surface area contributed by atoms with E-state index in [1.165, 1.54) is 26.2 Å². The molecule has 0 aliphatic carbocycles. The van der Waals surface area contributed by atoms with Crippen molar-refractivity contribution >= 4 is 5.97 Å². The minimum atomic E-state index is -2.45. The van der Waals surface area contributed by atoms with Gasteiger partial charge in [0.15, 0.2) is 23.0 Å². The van der Waals surface area contributed by atoms with Crippen LogP contribution in [0.5, 0.6) is 28.7 Å². The standard InChI is InChI=1S/C22H23NO7/c1-23-8-7-11-9-14-20(29-10-28-14)21(27-4)15(11)17(23)18-12-5-6-13(25-2)19(26-3)16(12)22(24)30-18/h5-6,9,17-18H,7-8,10H2,1-4H3/t17-,18?/m1/s1/i1+1D3. The lowest BCUT2D eigenvalue weighted by molar-refractivity contribution is 0.00874. The largest absolute Gasteiger partial charge is 0.493 e. The summed E-state index contributed by atoms with van der Waals surface area (Å²) in [5.41, 5.74) is 2.19. The maximum absolute atomic E-state index is 13.0. The summed E-state index contributed by atoms with van der Waals surface area (Å²) in [6.45, 7) is -2.18. The normalized spacial score (nSPS) is 23.6. The summed E-state index contributed by atoms with van der Waals surface area (Å²) < 4.78 is 58.1. The first-order chi connectivity index (χ1) is 15.8. The molecule has 0 aromatic heterocycles. The van der Waals surface area contributed by atoms with Crippen molar-refractivity contribution in [2.24, 2.45) is 0 Å². The summed E-state index contributed by atoms with van der Waals surface area (Å²) in [5, 5.41) is 0. The highest BCUT2D eigenvalue weighted by molar-refractivity contribution is 5.98. The van der Waals surface area contributed by atoms with Gasteiger partial charge >= 0.3 is 5.97 Å². The van der Waals surface area contributed by atoms with E-state index in [1.807, 2.05) is 6.07 Å². The van der Waals surface area contributed by atoms with Crippen LogP contribution in [0.4, 0.5) is 0 Å². The number of carbonyl (C=O) groups excluding carboxylic acids is 1. The first-order valence-corrected chi connectivity index (χ1v) is 9.52. The highest BCUT2D eigenvalue weighted by atomic mass is 16.7. The highest BCUT2D eigenvalue weighted by Gasteiger charge is 2.46. The summed E-state index contributed by atoms with van der Waals surface area (Å²) in [6, 6.07) is 4.37. The van der Waals surface area contributed by atoms with Gasteiger partial charge in [0.25, 0.3) is 0 Å². The van der Waals surface area contributed by atoms with Crippen LogP contribution in [-0.4, -0.2) is 52.5 Å². The molecule has 0 N–H and O–H groups in total.